The maximum absolute atomic E-state index is 12.7. The van der Waals surface area contributed by atoms with Crippen molar-refractivity contribution in [3.8, 4) is 12.1 Å². The second-order valence-corrected chi connectivity index (χ2v) is 3.47. The molecule has 1 rings (SSSR count). The average Bonchev–Trinajstić information content (AvgIpc) is 2.29. The van der Waals surface area contributed by atoms with Crippen molar-refractivity contribution >= 4 is 15.9 Å². The number of aromatic nitrogens is 1. The summed E-state index contributed by atoms with van der Waals surface area (Å²) in [5.41, 5.74) is 0.165. The minimum Gasteiger partial charge on any atom is -0.236 e. The summed E-state index contributed by atoms with van der Waals surface area (Å²) < 4.78 is 25.4. The van der Waals surface area contributed by atoms with Crippen molar-refractivity contribution in [1.29, 1.82) is 10.5 Å². The van der Waals surface area contributed by atoms with Crippen LogP contribution < -0.4 is 0 Å². The smallest absolute Gasteiger partial charge is 0.236 e. The van der Waals surface area contributed by atoms with Crippen LogP contribution in [0.1, 0.15) is 28.9 Å². The van der Waals surface area contributed by atoms with Crippen molar-refractivity contribution in [3.05, 3.63) is 28.6 Å². The molecule has 0 aliphatic rings. The third-order valence-electron chi connectivity index (χ3n) is 1.97. The lowest BCUT2D eigenvalue weighted by Crippen LogP contribution is -2.04. The molecule has 3 nitrogen and oxygen atoms in total. The van der Waals surface area contributed by atoms with E-state index >= 15 is 0 Å². The summed E-state index contributed by atoms with van der Waals surface area (Å²) in [6.45, 7) is 0. The first-order chi connectivity index (χ1) is 7.63. The van der Waals surface area contributed by atoms with Crippen LogP contribution in [-0.2, 0) is 11.8 Å². The van der Waals surface area contributed by atoms with Crippen LogP contribution in [0.4, 0.5) is 8.78 Å². The van der Waals surface area contributed by atoms with E-state index in [9.17, 15) is 8.78 Å². The highest BCUT2D eigenvalue weighted by Crippen LogP contribution is 2.26. The molecule has 0 saturated heterocycles. The summed E-state index contributed by atoms with van der Waals surface area (Å²) in [6, 6.07) is 4.94. The third kappa shape index (κ3) is 2.53. The molecule has 0 aliphatic heterocycles. The zero-order valence-electron chi connectivity index (χ0n) is 8.04. The first-order valence-electron chi connectivity index (χ1n) is 4.27. The van der Waals surface area contributed by atoms with Crippen LogP contribution in [0.15, 0.2) is 6.07 Å². The minimum atomic E-state index is -2.78. The summed E-state index contributed by atoms with van der Waals surface area (Å²) >= 11 is 3.13. The molecule has 1 aromatic heterocycles. The quantitative estimate of drug-likeness (QED) is 0.803. The Balaban J connectivity index is 3.43. The van der Waals surface area contributed by atoms with Crippen molar-refractivity contribution in [3.63, 3.8) is 0 Å². The molecule has 0 aromatic carbocycles. The lowest BCUT2D eigenvalue weighted by molar-refractivity contribution is 0.145. The van der Waals surface area contributed by atoms with Gasteiger partial charge < -0.3 is 0 Å². The Labute approximate surface area is 99.5 Å². The van der Waals surface area contributed by atoms with Gasteiger partial charge in [-0.05, 0) is 17.2 Å². The minimum absolute atomic E-state index is 0.0635. The van der Waals surface area contributed by atoms with E-state index in [2.05, 4.69) is 20.9 Å². The van der Waals surface area contributed by atoms with Gasteiger partial charge in [-0.1, -0.05) is 15.9 Å². The standard InChI is InChI=1S/C10H6BrF2N3/c11-4-6-3-7(5-15)16-9(10(12)13)8(6)1-2-14/h3,10H,1,4H2. The van der Waals surface area contributed by atoms with Gasteiger partial charge in [0.15, 0.2) is 0 Å². The molecule has 0 amide bonds. The number of pyridine rings is 1. The van der Waals surface area contributed by atoms with Crippen LogP contribution in [-0.4, -0.2) is 4.98 Å². The molecule has 1 heterocycles. The molecular weight excluding hydrogens is 280 g/mol. The van der Waals surface area contributed by atoms with E-state index in [1.54, 1.807) is 6.07 Å². The van der Waals surface area contributed by atoms with Gasteiger partial charge in [0.1, 0.15) is 17.5 Å². The Morgan fingerprint density at radius 2 is 2.12 bits per heavy atom. The number of alkyl halides is 3. The number of nitriles is 2. The number of hydrogen-bond acceptors (Lipinski definition) is 3. The van der Waals surface area contributed by atoms with Crippen LogP contribution in [0, 0.1) is 22.7 Å². The topological polar surface area (TPSA) is 60.5 Å². The molecule has 0 spiro atoms. The molecule has 0 bridgehead atoms. The van der Waals surface area contributed by atoms with Crippen molar-refractivity contribution in [2.75, 3.05) is 0 Å². The van der Waals surface area contributed by atoms with E-state index < -0.39 is 12.1 Å². The molecule has 0 radical (unpaired) electrons. The van der Waals surface area contributed by atoms with Gasteiger partial charge in [-0.2, -0.15) is 10.5 Å². The van der Waals surface area contributed by atoms with Crippen molar-refractivity contribution in [1.82, 2.24) is 4.98 Å². The maximum atomic E-state index is 12.7. The number of hydrogen-bond donors (Lipinski definition) is 0. The van der Waals surface area contributed by atoms with E-state index in [4.69, 9.17) is 10.5 Å². The first kappa shape index (κ1) is 12.5. The van der Waals surface area contributed by atoms with Crippen LogP contribution in [0.3, 0.4) is 0 Å². The highest BCUT2D eigenvalue weighted by Gasteiger charge is 2.19. The largest absolute Gasteiger partial charge is 0.280 e. The molecule has 0 fully saturated rings. The summed E-state index contributed by atoms with van der Waals surface area (Å²) in [7, 11) is 0. The fourth-order valence-electron chi connectivity index (χ4n) is 1.29. The van der Waals surface area contributed by atoms with Crippen molar-refractivity contribution < 1.29 is 8.78 Å². The monoisotopic (exact) mass is 285 g/mol. The fraction of sp³-hybridized carbons (Fsp3) is 0.300. The Kier molecular flexibility index (Phi) is 4.33. The van der Waals surface area contributed by atoms with Gasteiger partial charge in [0.05, 0.1) is 12.5 Å². The van der Waals surface area contributed by atoms with Gasteiger partial charge in [0, 0.05) is 5.33 Å². The number of nitrogens with zero attached hydrogens (tertiary/aromatic N) is 3. The molecule has 0 saturated carbocycles. The van der Waals surface area contributed by atoms with E-state index in [0.29, 0.717) is 10.9 Å². The number of rotatable bonds is 3. The van der Waals surface area contributed by atoms with Crippen molar-refractivity contribution in [2.45, 2.75) is 18.2 Å². The van der Waals surface area contributed by atoms with Gasteiger partial charge in [-0.15, -0.1) is 0 Å². The van der Waals surface area contributed by atoms with E-state index in [0.717, 1.165) is 0 Å². The highest BCUT2D eigenvalue weighted by molar-refractivity contribution is 9.08. The Morgan fingerprint density at radius 3 is 2.56 bits per heavy atom. The second kappa shape index (κ2) is 5.53. The molecule has 6 heteroatoms. The SMILES string of the molecule is N#CCc1c(CBr)cc(C#N)nc1C(F)F. The van der Waals surface area contributed by atoms with Crippen LogP contribution in [0.25, 0.3) is 0 Å². The Hall–Kier alpha value is -1.53. The fourth-order valence-corrected chi connectivity index (χ4v) is 1.79. The van der Waals surface area contributed by atoms with Gasteiger partial charge in [0.2, 0.25) is 0 Å². The highest BCUT2D eigenvalue weighted by atomic mass is 79.9. The number of halogens is 3. The van der Waals surface area contributed by atoms with Gasteiger partial charge in [-0.3, -0.25) is 0 Å². The Morgan fingerprint density at radius 1 is 1.44 bits per heavy atom. The molecule has 0 unspecified atom stereocenters. The molecule has 0 atom stereocenters. The van der Waals surface area contributed by atoms with Gasteiger partial charge in [0.25, 0.3) is 6.43 Å². The molecule has 0 N–H and O–H groups in total. The zero-order chi connectivity index (χ0) is 12.1. The molecule has 1 aromatic rings. The average molecular weight is 286 g/mol. The molecular formula is C10H6BrF2N3. The van der Waals surface area contributed by atoms with Crippen molar-refractivity contribution in [2.24, 2.45) is 0 Å². The summed E-state index contributed by atoms with van der Waals surface area (Å²) in [4.78, 5) is 3.53. The van der Waals surface area contributed by atoms with Gasteiger partial charge in [-0.25, -0.2) is 13.8 Å². The molecule has 0 aliphatic carbocycles. The predicted octanol–water partition coefficient (Wildman–Crippen LogP) is 2.85. The zero-order valence-corrected chi connectivity index (χ0v) is 9.63. The first-order valence-corrected chi connectivity index (χ1v) is 5.40. The van der Waals surface area contributed by atoms with E-state index in [1.165, 1.54) is 6.07 Å². The van der Waals surface area contributed by atoms with Crippen LogP contribution in [0.2, 0.25) is 0 Å². The summed E-state index contributed by atoms with van der Waals surface area (Å²) in [6.07, 6.45) is -2.92. The lowest BCUT2D eigenvalue weighted by Gasteiger charge is -2.09. The van der Waals surface area contributed by atoms with Crippen LogP contribution >= 0.6 is 15.9 Å². The Bertz CT molecular complexity index is 474. The molecule has 16 heavy (non-hydrogen) atoms. The molecule has 82 valence electrons. The maximum Gasteiger partial charge on any atom is 0.280 e. The lowest BCUT2D eigenvalue weighted by atomic mass is 10.0. The van der Waals surface area contributed by atoms with E-state index in [-0.39, 0.29) is 17.7 Å². The summed E-state index contributed by atoms with van der Waals surface area (Å²) in [5.74, 6) is 0. The third-order valence-corrected chi connectivity index (χ3v) is 2.57. The normalized spacial score (nSPS) is 9.88. The van der Waals surface area contributed by atoms with Crippen LogP contribution in [0.5, 0.6) is 0 Å². The second-order valence-electron chi connectivity index (χ2n) is 2.91. The summed E-state index contributed by atoms with van der Waals surface area (Å²) in [5, 5.41) is 17.5. The van der Waals surface area contributed by atoms with E-state index in [1.807, 2.05) is 6.07 Å². The van der Waals surface area contributed by atoms with Gasteiger partial charge >= 0.3 is 0 Å². The predicted molar refractivity (Wildman–Crippen MR) is 55.9 cm³/mol.